The predicted molar refractivity (Wildman–Crippen MR) is 51.3 cm³/mol. The molecule has 15 heavy (non-hydrogen) atoms. The van der Waals surface area contributed by atoms with Crippen LogP contribution in [0.15, 0.2) is 16.8 Å². The van der Waals surface area contributed by atoms with Crippen molar-refractivity contribution in [2.75, 3.05) is 0 Å². The highest BCUT2D eigenvalue weighted by Crippen LogP contribution is 2.29. The lowest BCUT2D eigenvalue weighted by Crippen LogP contribution is -2.36. The predicted octanol–water partition coefficient (Wildman–Crippen LogP) is 0.346. The maximum absolute atomic E-state index is 10.7. The van der Waals surface area contributed by atoms with E-state index in [0.717, 1.165) is 12.8 Å². The zero-order valence-corrected chi connectivity index (χ0v) is 7.91. The van der Waals surface area contributed by atoms with E-state index in [2.05, 4.69) is 4.99 Å². The zero-order chi connectivity index (χ0) is 10.8. The van der Waals surface area contributed by atoms with Gasteiger partial charge in [-0.05, 0) is 12.8 Å². The van der Waals surface area contributed by atoms with Gasteiger partial charge >= 0.3 is 0 Å². The lowest BCUT2D eigenvalue weighted by molar-refractivity contribution is -0.437. The number of aldehydes is 1. The van der Waals surface area contributed by atoms with Gasteiger partial charge in [0.15, 0.2) is 6.10 Å². The van der Waals surface area contributed by atoms with Crippen LogP contribution in [0.1, 0.15) is 12.8 Å². The van der Waals surface area contributed by atoms with E-state index in [0.29, 0.717) is 6.29 Å². The second-order valence-corrected chi connectivity index (χ2v) is 3.53. The average Bonchev–Trinajstić information content (AvgIpc) is 3.01. The van der Waals surface area contributed by atoms with Crippen LogP contribution >= 0.6 is 0 Å². The first-order valence-corrected chi connectivity index (χ1v) is 4.71. The number of ether oxygens (including phenoxy) is 1. The van der Waals surface area contributed by atoms with E-state index in [-0.39, 0.29) is 11.8 Å². The van der Waals surface area contributed by atoms with Crippen molar-refractivity contribution in [2.24, 2.45) is 4.99 Å². The molecule has 0 N–H and O–H groups in total. The maximum atomic E-state index is 10.7. The minimum absolute atomic E-state index is 0.0501. The van der Waals surface area contributed by atoms with E-state index in [1.165, 1.54) is 12.3 Å². The number of hydrogen-bond donors (Lipinski definition) is 0. The van der Waals surface area contributed by atoms with E-state index in [9.17, 15) is 14.9 Å². The summed E-state index contributed by atoms with van der Waals surface area (Å²) < 4.78 is 5.42. The molecule has 2 rings (SSSR count). The van der Waals surface area contributed by atoms with Crippen molar-refractivity contribution >= 4 is 12.5 Å². The van der Waals surface area contributed by atoms with Gasteiger partial charge in [-0.15, -0.1) is 0 Å². The highest BCUT2D eigenvalue weighted by molar-refractivity contribution is 5.77. The number of hydrogen-bond acceptors (Lipinski definition) is 5. The summed E-state index contributed by atoms with van der Waals surface area (Å²) in [6, 6.07) is -0.781. The highest BCUT2D eigenvalue weighted by atomic mass is 16.6. The van der Waals surface area contributed by atoms with Crippen LogP contribution in [-0.2, 0) is 9.53 Å². The summed E-state index contributed by atoms with van der Waals surface area (Å²) in [4.78, 5) is 24.7. The van der Waals surface area contributed by atoms with Gasteiger partial charge in [-0.1, -0.05) is 0 Å². The van der Waals surface area contributed by atoms with Gasteiger partial charge in [0, 0.05) is 12.3 Å². The molecule has 0 amide bonds. The molecule has 0 radical (unpaired) electrons. The first-order valence-electron chi connectivity index (χ1n) is 4.71. The Balaban J connectivity index is 2.17. The summed E-state index contributed by atoms with van der Waals surface area (Å²) in [6.45, 7) is 0. The number of nitro groups is 1. The van der Waals surface area contributed by atoms with E-state index in [1.54, 1.807) is 0 Å². The minimum atomic E-state index is -0.824. The molecule has 6 heteroatoms. The van der Waals surface area contributed by atoms with Crippen LogP contribution < -0.4 is 0 Å². The molecule has 1 aliphatic carbocycles. The molecule has 2 aliphatic rings. The Morgan fingerprint density at radius 2 is 2.33 bits per heavy atom. The third kappa shape index (κ3) is 2.10. The lowest BCUT2D eigenvalue weighted by Gasteiger charge is -2.19. The van der Waals surface area contributed by atoms with Crippen LogP contribution in [0.3, 0.4) is 0 Å². The molecule has 0 bridgehead atoms. The van der Waals surface area contributed by atoms with Gasteiger partial charge in [0.05, 0.1) is 11.0 Å². The zero-order valence-electron chi connectivity index (χ0n) is 7.91. The van der Waals surface area contributed by atoms with E-state index < -0.39 is 17.1 Å². The third-order valence-electron chi connectivity index (χ3n) is 2.32. The van der Waals surface area contributed by atoms with Gasteiger partial charge in [-0.25, -0.2) is 0 Å². The summed E-state index contributed by atoms with van der Waals surface area (Å²) in [5.74, 6) is 0. The van der Waals surface area contributed by atoms with Gasteiger partial charge in [0.2, 0.25) is 0 Å². The molecule has 1 fully saturated rings. The van der Waals surface area contributed by atoms with Crippen molar-refractivity contribution in [1.82, 2.24) is 0 Å². The van der Waals surface area contributed by atoms with Crippen LogP contribution in [-0.4, -0.2) is 35.7 Å². The Morgan fingerprint density at radius 3 is 2.87 bits per heavy atom. The first-order chi connectivity index (χ1) is 7.22. The number of nitrogens with zero attached hydrogens (tertiary/aromatic N) is 2. The molecule has 1 heterocycles. The van der Waals surface area contributed by atoms with Crippen molar-refractivity contribution in [2.45, 2.75) is 31.1 Å². The molecule has 2 atom stereocenters. The van der Waals surface area contributed by atoms with E-state index in [4.69, 9.17) is 4.74 Å². The van der Waals surface area contributed by atoms with Crippen molar-refractivity contribution in [3.63, 3.8) is 0 Å². The molecule has 0 saturated heterocycles. The molecule has 0 aromatic carbocycles. The number of carbonyl (C=O) groups excluding carboxylic acids is 1. The van der Waals surface area contributed by atoms with Crippen LogP contribution in [0.4, 0.5) is 0 Å². The maximum Gasteiger partial charge on any atom is 0.278 e. The summed E-state index contributed by atoms with van der Waals surface area (Å²) >= 11 is 0. The Hall–Kier alpha value is -1.56. The minimum Gasteiger partial charge on any atom is -0.361 e. The van der Waals surface area contributed by atoms with Gasteiger partial charge in [0.25, 0.3) is 5.70 Å². The molecular formula is C9H10N2O4. The summed E-state index contributed by atoms with van der Waals surface area (Å²) in [7, 11) is 0. The molecule has 1 saturated carbocycles. The van der Waals surface area contributed by atoms with E-state index >= 15 is 0 Å². The number of dihydropyridines is 1. The smallest absolute Gasteiger partial charge is 0.278 e. The standard InChI is InChI=1S/C9H10N2O4/c12-5-7-9(15-6-1-2-6)8(11(13)14)3-4-10-7/h3-7,9H,1-2H2. The molecular weight excluding hydrogens is 200 g/mol. The van der Waals surface area contributed by atoms with Gasteiger partial charge in [-0.2, -0.15) is 0 Å². The van der Waals surface area contributed by atoms with Gasteiger partial charge in [0.1, 0.15) is 12.3 Å². The molecule has 0 aromatic rings. The van der Waals surface area contributed by atoms with Crippen molar-refractivity contribution < 1.29 is 14.5 Å². The van der Waals surface area contributed by atoms with Crippen LogP contribution in [0, 0.1) is 10.1 Å². The SMILES string of the molecule is O=CC1N=CC=C([N+](=O)[O-])C1OC1CC1. The second-order valence-electron chi connectivity index (χ2n) is 3.53. The Kier molecular flexibility index (Phi) is 2.59. The molecule has 80 valence electrons. The lowest BCUT2D eigenvalue weighted by atomic mass is 10.1. The second kappa shape index (κ2) is 3.90. The fourth-order valence-electron chi connectivity index (χ4n) is 1.40. The van der Waals surface area contributed by atoms with Crippen LogP contribution in [0.5, 0.6) is 0 Å². The van der Waals surface area contributed by atoms with Crippen LogP contribution in [0.2, 0.25) is 0 Å². The monoisotopic (exact) mass is 210 g/mol. The molecule has 1 aliphatic heterocycles. The highest BCUT2D eigenvalue weighted by Gasteiger charge is 2.39. The Labute approximate surface area is 85.8 Å². The van der Waals surface area contributed by atoms with Crippen molar-refractivity contribution in [3.8, 4) is 0 Å². The summed E-state index contributed by atoms with van der Waals surface area (Å²) in [5.41, 5.74) is -0.0889. The van der Waals surface area contributed by atoms with E-state index in [1.807, 2.05) is 0 Å². The topological polar surface area (TPSA) is 81.8 Å². The number of carbonyl (C=O) groups is 1. The van der Waals surface area contributed by atoms with Crippen LogP contribution in [0.25, 0.3) is 0 Å². The molecule has 2 unspecified atom stereocenters. The normalized spacial score (nSPS) is 29.7. The molecule has 6 nitrogen and oxygen atoms in total. The third-order valence-corrected chi connectivity index (χ3v) is 2.32. The molecule has 0 aromatic heterocycles. The average molecular weight is 210 g/mol. The molecule has 0 spiro atoms. The Morgan fingerprint density at radius 1 is 1.60 bits per heavy atom. The Bertz CT molecular complexity index is 346. The van der Waals surface area contributed by atoms with Gasteiger partial charge in [-0.3, -0.25) is 15.1 Å². The van der Waals surface area contributed by atoms with Crippen molar-refractivity contribution in [3.05, 3.63) is 21.9 Å². The fourth-order valence-corrected chi connectivity index (χ4v) is 1.40. The van der Waals surface area contributed by atoms with Gasteiger partial charge < -0.3 is 9.53 Å². The number of allylic oxidation sites excluding steroid dienone is 1. The first kappa shape index (κ1) is 9.97. The number of aliphatic imine (C=N–C) groups is 1. The summed E-state index contributed by atoms with van der Waals surface area (Å²) in [5, 5.41) is 10.7. The quantitative estimate of drug-likeness (QED) is 0.380. The summed E-state index contributed by atoms with van der Waals surface area (Å²) in [6.07, 6.45) is 4.18. The largest absolute Gasteiger partial charge is 0.361 e. The van der Waals surface area contributed by atoms with Crippen molar-refractivity contribution in [1.29, 1.82) is 0 Å². The number of rotatable bonds is 4. The fraction of sp³-hybridized carbons (Fsp3) is 0.556.